The van der Waals surface area contributed by atoms with Crippen LogP contribution in [0.25, 0.3) is 0 Å². The lowest BCUT2D eigenvalue weighted by Gasteiger charge is -2.25. The Labute approximate surface area is 119 Å². The predicted octanol–water partition coefficient (Wildman–Crippen LogP) is 2.85. The Morgan fingerprint density at radius 2 is 2.11 bits per heavy atom. The van der Waals surface area contributed by atoms with E-state index >= 15 is 0 Å². The molecule has 2 nitrogen and oxygen atoms in total. The topological polar surface area (TPSA) is 32.3 Å². The Morgan fingerprint density at radius 3 is 2.74 bits per heavy atom. The van der Waals surface area contributed by atoms with E-state index < -0.39 is 5.60 Å². The standard InChI is InChI=1S/C15H24FNOS/c1-12(17-10-15(2,18)11-19-3)8-9-13-6-4-5-7-14(13)16/h4-7,12,17-18H,8-11H2,1-3H3. The molecule has 0 aliphatic heterocycles. The van der Waals surface area contributed by atoms with Gasteiger partial charge in [0, 0.05) is 18.3 Å². The summed E-state index contributed by atoms with van der Waals surface area (Å²) < 4.78 is 13.5. The van der Waals surface area contributed by atoms with Gasteiger partial charge in [0.15, 0.2) is 0 Å². The number of thioether (sulfide) groups is 1. The average molecular weight is 285 g/mol. The van der Waals surface area contributed by atoms with Crippen molar-refractivity contribution in [3.05, 3.63) is 35.6 Å². The van der Waals surface area contributed by atoms with Gasteiger partial charge in [-0.15, -0.1) is 0 Å². The summed E-state index contributed by atoms with van der Waals surface area (Å²) >= 11 is 1.63. The van der Waals surface area contributed by atoms with Gasteiger partial charge in [0.2, 0.25) is 0 Å². The van der Waals surface area contributed by atoms with E-state index in [0.29, 0.717) is 18.7 Å². The second kappa shape index (κ2) is 7.88. The van der Waals surface area contributed by atoms with Gasteiger partial charge in [-0.05, 0) is 44.6 Å². The molecule has 0 fully saturated rings. The maximum Gasteiger partial charge on any atom is 0.126 e. The molecule has 0 spiro atoms. The third kappa shape index (κ3) is 6.41. The molecule has 4 heteroatoms. The Bertz CT molecular complexity index is 384. The van der Waals surface area contributed by atoms with Crippen LogP contribution in [0.4, 0.5) is 4.39 Å². The zero-order valence-corrected chi connectivity index (χ0v) is 12.8. The SMILES string of the molecule is CSCC(C)(O)CNC(C)CCc1ccccc1F. The van der Waals surface area contributed by atoms with E-state index in [1.807, 2.05) is 25.3 Å². The van der Waals surface area contributed by atoms with Crippen LogP contribution in [-0.4, -0.2) is 35.3 Å². The molecule has 0 aliphatic rings. The minimum atomic E-state index is -0.689. The zero-order valence-electron chi connectivity index (χ0n) is 11.9. The second-order valence-corrected chi connectivity index (χ2v) is 6.21. The summed E-state index contributed by atoms with van der Waals surface area (Å²) in [5.74, 6) is 0.573. The summed E-state index contributed by atoms with van der Waals surface area (Å²) in [6.07, 6.45) is 3.55. The van der Waals surface area contributed by atoms with Crippen molar-refractivity contribution < 1.29 is 9.50 Å². The van der Waals surface area contributed by atoms with Crippen molar-refractivity contribution in [1.29, 1.82) is 0 Å². The lowest BCUT2D eigenvalue weighted by Crippen LogP contribution is -2.43. The maximum atomic E-state index is 13.5. The number of benzene rings is 1. The summed E-state index contributed by atoms with van der Waals surface area (Å²) in [5.41, 5.74) is 0.0677. The van der Waals surface area contributed by atoms with Gasteiger partial charge < -0.3 is 10.4 Å². The number of aliphatic hydroxyl groups is 1. The fraction of sp³-hybridized carbons (Fsp3) is 0.600. The van der Waals surface area contributed by atoms with Crippen LogP contribution in [0.15, 0.2) is 24.3 Å². The van der Waals surface area contributed by atoms with Crippen LogP contribution in [0.1, 0.15) is 25.8 Å². The molecule has 108 valence electrons. The highest BCUT2D eigenvalue weighted by molar-refractivity contribution is 7.98. The van der Waals surface area contributed by atoms with Crippen LogP contribution in [0.2, 0.25) is 0 Å². The zero-order chi connectivity index (χ0) is 14.3. The monoisotopic (exact) mass is 285 g/mol. The lowest BCUT2D eigenvalue weighted by atomic mass is 10.0. The molecule has 0 heterocycles. The van der Waals surface area contributed by atoms with Crippen molar-refractivity contribution in [2.45, 2.75) is 38.3 Å². The second-order valence-electron chi connectivity index (χ2n) is 5.34. The first-order valence-corrected chi connectivity index (χ1v) is 8.02. The number of aryl methyl sites for hydroxylation is 1. The van der Waals surface area contributed by atoms with Crippen molar-refractivity contribution in [1.82, 2.24) is 5.32 Å². The van der Waals surface area contributed by atoms with Crippen LogP contribution in [0.5, 0.6) is 0 Å². The molecular formula is C15H24FNOS. The normalized spacial score (nSPS) is 16.1. The van der Waals surface area contributed by atoms with Crippen LogP contribution in [-0.2, 0) is 6.42 Å². The summed E-state index contributed by atoms with van der Waals surface area (Å²) in [4.78, 5) is 0. The Morgan fingerprint density at radius 1 is 1.42 bits per heavy atom. The van der Waals surface area contributed by atoms with Crippen molar-refractivity contribution in [3.63, 3.8) is 0 Å². The van der Waals surface area contributed by atoms with Crippen LogP contribution in [0, 0.1) is 5.82 Å². The fourth-order valence-corrected chi connectivity index (χ4v) is 2.66. The molecule has 19 heavy (non-hydrogen) atoms. The summed E-state index contributed by atoms with van der Waals surface area (Å²) in [7, 11) is 0. The van der Waals surface area contributed by atoms with Gasteiger partial charge in [0.05, 0.1) is 5.60 Å². The van der Waals surface area contributed by atoms with E-state index in [1.165, 1.54) is 6.07 Å². The van der Waals surface area contributed by atoms with Gasteiger partial charge >= 0.3 is 0 Å². The third-order valence-corrected chi connectivity index (χ3v) is 4.00. The minimum Gasteiger partial charge on any atom is -0.388 e. The first-order chi connectivity index (χ1) is 8.94. The number of hydrogen-bond donors (Lipinski definition) is 2. The Hall–Kier alpha value is -0.580. The highest BCUT2D eigenvalue weighted by Gasteiger charge is 2.20. The van der Waals surface area contributed by atoms with E-state index in [0.717, 1.165) is 12.0 Å². The molecule has 1 aromatic rings. The van der Waals surface area contributed by atoms with E-state index in [2.05, 4.69) is 12.2 Å². The van der Waals surface area contributed by atoms with Crippen molar-refractivity contribution in [3.8, 4) is 0 Å². The van der Waals surface area contributed by atoms with Crippen LogP contribution < -0.4 is 5.32 Å². The summed E-state index contributed by atoms with van der Waals surface area (Å²) in [6, 6.07) is 7.15. The average Bonchev–Trinajstić information content (AvgIpc) is 2.35. The van der Waals surface area contributed by atoms with E-state index in [-0.39, 0.29) is 11.9 Å². The quantitative estimate of drug-likeness (QED) is 0.770. The Balaban J connectivity index is 2.32. The van der Waals surface area contributed by atoms with Crippen LogP contribution in [0.3, 0.4) is 0 Å². The molecule has 0 saturated heterocycles. The number of halogens is 1. The molecule has 1 aromatic carbocycles. The highest BCUT2D eigenvalue weighted by atomic mass is 32.2. The molecule has 0 aliphatic carbocycles. The van der Waals surface area contributed by atoms with Gasteiger partial charge in [0.1, 0.15) is 5.82 Å². The molecule has 2 unspecified atom stereocenters. The number of rotatable bonds is 8. The summed E-state index contributed by atoms with van der Waals surface area (Å²) in [6.45, 7) is 4.46. The molecule has 0 aromatic heterocycles. The number of nitrogens with one attached hydrogen (secondary N) is 1. The maximum absolute atomic E-state index is 13.5. The third-order valence-electron chi connectivity index (χ3n) is 3.09. The minimum absolute atomic E-state index is 0.135. The molecule has 2 N–H and O–H groups in total. The largest absolute Gasteiger partial charge is 0.388 e. The predicted molar refractivity (Wildman–Crippen MR) is 81.2 cm³/mol. The van der Waals surface area contributed by atoms with E-state index in [9.17, 15) is 9.50 Å². The highest BCUT2D eigenvalue weighted by Crippen LogP contribution is 2.12. The first kappa shape index (κ1) is 16.5. The Kier molecular flexibility index (Phi) is 6.83. The molecule has 0 amide bonds. The number of hydrogen-bond acceptors (Lipinski definition) is 3. The van der Waals surface area contributed by atoms with Gasteiger partial charge in [-0.3, -0.25) is 0 Å². The van der Waals surface area contributed by atoms with Gasteiger partial charge in [-0.25, -0.2) is 4.39 Å². The molecule has 0 radical (unpaired) electrons. The van der Waals surface area contributed by atoms with Gasteiger partial charge in [0.25, 0.3) is 0 Å². The molecule has 0 saturated carbocycles. The fourth-order valence-electron chi connectivity index (χ4n) is 1.93. The lowest BCUT2D eigenvalue weighted by molar-refractivity contribution is 0.0817. The van der Waals surface area contributed by atoms with Gasteiger partial charge in [-0.2, -0.15) is 11.8 Å². The molecule has 2 atom stereocenters. The van der Waals surface area contributed by atoms with Crippen molar-refractivity contribution in [2.24, 2.45) is 0 Å². The molecule has 1 rings (SSSR count). The first-order valence-electron chi connectivity index (χ1n) is 6.63. The van der Waals surface area contributed by atoms with E-state index in [4.69, 9.17) is 0 Å². The van der Waals surface area contributed by atoms with Gasteiger partial charge in [-0.1, -0.05) is 18.2 Å². The van der Waals surface area contributed by atoms with Crippen molar-refractivity contribution in [2.75, 3.05) is 18.6 Å². The molecular weight excluding hydrogens is 261 g/mol. The summed E-state index contributed by atoms with van der Waals surface area (Å²) in [5, 5.41) is 13.4. The molecule has 0 bridgehead atoms. The van der Waals surface area contributed by atoms with Crippen molar-refractivity contribution >= 4 is 11.8 Å². The smallest absolute Gasteiger partial charge is 0.126 e. The van der Waals surface area contributed by atoms with E-state index in [1.54, 1.807) is 17.8 Å². The van der Waals surface area contributed by atoms with Crippen LogP contribution >= 0.6 is 11.8 Å².